The van der Waals surface area contributed by atoms with Crippen molar-refractivity contribution in [2.75, 3.05) is 11.4 Å². The molecule has 1 heterocycles. The molecular formula is C16H20N2O. The van der Waals surface area contributed by atoms with Gasteiger partial charge in [-0.3, -0.25) is 0 Å². The Bertz CT molecular complexity index is 525. The number of oxime groups is 1. The number of rotatable bonds is 1. The van der Waals surface area contributed by atoms with Crippen LogP contribution in [0.15, 0.2) is 29.4 Å². The third-order valence-electron chi connectivity index (χ3n) is 5.24. The van der Waals surface area contributed by atoms with E-state index in [1.807, 2.05) is 0 Å². The fourth-order valence-electron chi connectivity index (χ4n) is 4.46. The molecule has 2 fully saturated rings. The Morgan fingerprint density at radius 1 is 1.21 bits per heavy atom. The lowest BCUT2D eigenvalue weighted by molar-refractivity contribution is 0.311. The van der Waals surface area contributed by atoms with Gasteiger partial charge in [-0.1, -0.05) is 23.4 Å². The van der Waals surface area contributed by atoms with Crippen molar-refractivity contribution in [3.05, 3.63) is 29.8 Å². The second-order valence-electron chi connectivity index (χ2n) is 6.17. The van der Waals surface area contributed by atoms with Crippen LogP contribution in [0.5, 0.6) is 0 Å². The highest BCUT2D eigenvalue weighted by Crippen LogP contribution is 2.47. The van der Waals surface area contributed by atoms with E-state index in [0.717, 1.165) is 12.3 Å². The van der Waals surface area contributed by atoms with E-state index in [-0.39, 0.29) is 0 Å². The van der Waals surface area contributed by atoms with Gasteiger partial charge in [0, 0.05) is 18.2 Å². The quantitative estimate of drug-likeness (QED) is 0.619. The molecule has 19 heavy (non-hydrogen) atoms. The van der Waals surface area contributed by atoms with Crippen LogP contribution < -0.4 is 4.90 Å². The summed E-state index contributed by atoms with van der Waals surface area (Å²) in [5.41, 5.74) is 3.87. The first-order valence-electron chi connectivity index (χ1n) is 7.45. The van der Waals surface area contributed by atoms with Gasteiger partial charge in [0.25, 0.3) is 0 Å². The summed E-state index contributed by atoms with van der Waals surface area (Å²) in [5, 5.41) is 13.1. The number of nitrogens with zero attached hydrogens (tertiary/aromatic N) is 2. The van der Waals surface area contributed by atoms with E-state index in [2.05, 4.69) is 34.3 Å². The molecule has 1 aromatic carbocycles. The van der Waals surface area contributed by atoms with Gasteiger partial charge in [-0.2, -0.15) is 0 Å². The average molecular weight is 256 g/mol. The predicted octanol–water partition coefficient (Wildman–Crippen LogP) is 3.07. The molecule has 4 rings (SSSR count). The summed E-state index contributed by atoms with van der Waals surface area (Å²) in [6.07, 6.45) is 6.13. The predicted molar refractivity (Wildman–Crippen MR) is 75.9 cm³/mol. The fraction of sp³-hybridized carbons (Fsp3) is 0.562. The number of benzene rings is 1. The van der Waals surface area contributed by atoms with Gasteiger partial charge in [0.05, 0.1) is 11.8 Å². The van der Waals surface area contributed by atoms with Crippen LogP contribution in [0, 0.1) is 11.8 Å². The van der Waals surface area contributed by atoms with Crippen molar-refractivity contribution < 1.29 is 5.21 Å². The summed E-state index contributed by atoms with van der Waals surface area (Å²) in [5.74, 6) is 1.23. The molecule has 3 heteroatoms. The first-order chi connectivity index (χ1) is 9.38. The maximum absolute atomic E-state index is 9.40. The second kappa shape index (κ2) is 4.26. The Hall–Kier alpha value is -1.51. The van der Waals surface area contributed by atoms with Crippen LogP contribution in [0.4, 0.5) is 5.69 Å². The molecule has 1 aliphatic heterocycles. The van der Waals surface area contributed by atoms with E-state index in [4.69, 9.17) is 0 Å². The minimum atomic E-state index is 0.352. The van der Waals surface area contributed by atoms with Crippen LogP contribution in [0.2, 0.25) is 0 Å². The lowest BCUT2D eigenvalue weighted by atomic mass is 9.89. The molecular weight excluding hydrogens is 236 g/mol. The van der Waals surface area contributed by atoms with Crippen molar-refractivity contribution in [3.63, 3.8) is 0 Å². The number of anilines is 1. The zero-order valence-corrected chi connectivity index (χ0v) is 11.1. The average Bonchev–Trinajstić information content (AvgIpc) is 3.07. The maximum atomic E-state index is 9.40. The van der Waals surface area contributed by atoms with Gasteiger partial charge < -0.3 is 10.1 Å². The highest BCUT2D eigenvalue weighted by atomic mass is 16.4. The van der Waals surface area contributed by atoms with Crippen LogP contribution in [-0.2, 0) is 6.42 Å². The summed E-state index contributed by atoms with van der Waals surface area (Å²) in [4.78, 5) is 2.51. The molecule has 0 radical (unpaired) electrons. The summed E-state index contributed by atoms with van der Waals surface area (Å²) in [7, 11) is 0. The zero-order chi connectivity index (χ0) is 12.8. The van der Waals surface area contributed by atoms with Crippen LogP contribution in [0.25, 0.3) is 0 Å². The largest absolute Gasteiger partial charge is 0.411 e. The SMILES string of the molecule is O/N=C1/[C@H]2CC[C@@H](C2)[C@@H]1N1CCCc2ccccc21. The van der Waals surface area contributed by atoms with Gasteiger partial charge in [0.15, 0.2) is 0 Å². The number of hydrogen-bond donors (Lipinski definition) is 1. The van der Waals surface area contributed by atoms with Crippen molar-refractivity contribution in [3.8, 4) is 0 Å². The number of aryl methyl sites for hydroxylation is 1. The van der Waals surface area contributed by atoms with E-state index < -0.39 is 0 Å². The second-order valence-corrected chi connectivity index (χ2v) is 6.17. The normalized spacial score (nSPS) is 34.8. The van der Waals surface area contributed by atoms with E-state index in [1.54, 1.807) is 0 Å². The molecule has 2 aliphatic carbocycles. The first-order valence-corrected chi connectivity index (χ1v) is 7.45. The van der Waals surface area contributed by atoms with Gasteiger partial charge in [0.2, 0.25) is 0 Å². The standard InChI is InChI=1S/C16H20N2O/c19-17-15-12-7-8-13(10-12)16(15)18-9-3-5-11-4-1-2-6-14(11)18/h1-2,4,6,12-13,16,19H,3,5,7-10H2/b17-15-/t12-,13-,16-/m0/s1. The van der Waals surface area contributed by atoms with Gasteiger partial charge in [-0.25, -0.2) is 0 Å². The smallest absolute Gasteiger partial charge is 0.0828 e. The minimum Gasteiger partial charge on any atom is -0.411 e. The Morgan fingerprint density at radius 3 is 3.00 bits per heavy atom. The Kier molecular flexibility index (Phi) is 2.54. The lowest BCUT2D eigenvalue weighted by Gasteiger charge is -2.40. The molecule has 0 saturated heterocycles. The van der Waals surface area contributed by atoms with Crippen molar-refractivity contribution in [2.24, 2.45) is 17.0 Å². The number of hydrogen-bond acceptors (Lipinski definition) is 3. The summed E-state index contributed by atoms with van der Waals surface area (Å²) in [6.45, 7) is 1.10. The number of para-hydroxylation sites is 1. The maximum Gasteiger partial charge on any atom is 0.0828 e. The molecule has 1 N–H and O–H groups in total. The van der Waals surface area contributed by atoms with E-state index in [9.17, 15) is 5.21 Å². The van der Waals surface area contributed by atoms with Crippen LogP contribution >= 0.6 is 0 Å². The molecule has 0 amide bonds. The van der Waals surface area contributed by atoms with Crippen LogP contribution in [0.3, 0.4) is 0 Å². The monoisotopic (exact) mass is 256 g/mol. The summed E-state index contributed by atoms with van der Waals surface area (Å²) in [6, 6.07) is 9.08. The molecule has 0 spiro atoms. The van der Waals surface area contributed by atoms with Gasteiger partial charge >= 0.3 is 0 Å². The third-order valence-corrected chi connectivity index (χ3v) is 5.24. The molecule has 3 aliphatic rings. The Morgan fingerprint density at radius 2 is 2.11 bits per heavy atom. The molecule has 3 nitrogen and oxygen atoms in total. The molecule has 100 valence electrons. The molecule has 0 unspecified atom stereocenters. The highest BCUT2D eigenvalue weighted by molar-refractivity contribution is 5.97. The lowest BCUT2D eigenvalue weighted by Crippen LogP contribution is -2.47. The van der Waals surface area contributed by atoms with Gasteiger partial charge in [0.1, 0.15) is 0 Å². The van der Waals surface area contributed by atoms with E-state index in [0.29, 0.717) is 17.9 Å². The topological polar surface area (TPSA) is 35.8 Å². The molecule has 1 aromatic rings. The molecule has 0 aromatic heterocycles. The van der Waals surface area contributed by atoms with E-state index in [1.165, 1.54) is 43.4 Å². The summed E-state index contributed by atoms with van der Waals surface area (Å²) >= 11 is 0. The van der Waals surface area contributed by atoms with Crippen LogP contribution in [0.1, 0.15) is 31.2 Å². The van der Waals surface area contributed by atoms with Crippen molar-refractivity contribution in [1.82, 2.24) is 0 Å². The van der Waals surface area contributed by atoms with Crippen molar-refractivity contribution >= 4 is 11.4 Å². The molecule has 3 atom stereocenters. The minimum absolute atomic E-state index is 0.352. The highest BCUT2D eigenvalue weighted by Gasteiger charge is 2.48. The van der Waals surface area contributed by atoms with Gasteiger partial charge in [-0.15, -0.1) is 0 Å². The number of fused-ring (bicyclic) bond motifs is 3. The Balaban J connectivity index is 1.74. The first kappa shape index (κ1) is 11.3. The molecule has 2 bridgehead atoms. The summed E-state index contributed by atoms with van der Waals surface area (Å²) < 4.78 is 0. The Labute approximate surface area is 113 Å². The fourth-order valence-corrected chi connectivity index (χ4v) is 4.46. The van der Waals surface area contributed by atoms with Crippen molar-refractivity contribution in [1.29, 1.82) is 0 Å². The van der Waals surface area contributed by atoms with Gasteiger partial charge in [-0.05, 0) is 49.7 Å². The third kappa shape index (κ3) is 1.60. The molecule has 2 saturated carbocycles. The zero-order valence-electron chi connectivity index (χ0n) is 11.1. The van der Waals surface area contributed by atoms with Crippen LogP contribution in [-0.4, -0.2) is 23.5 Å². The van der Waals surface area contributed by atoms with E-state index >= 15 is 0 Å². The van der Waals surface area contributed by atoms with Crippen molar-refractivity contribution in [2.45, 2.75) is 38.1 Å².